The van der Waals surface area contributed by atoms with Crippen LogP contribution in [0.5, 0.6) is 0 Å². The van der Waals surface area contributed by atoms with Gasteiger partial charge in [0.05, 0.1) is 0 Å². The smallest absolute Gasteiger partial charge is 0.326 e. The van der Waals surface area contributed by atoms with E-state index in [9.17, 15) is 9.59 Å². The number of aliphatic carboxylic acids is 1. The van der Waals surface area contributed by atoms with Crippen LogP contribution in [0.15, 0.2) is 12.2 Å². The largest absolute Gasteiger partial charge is 0.480 e. The molecule has 0 aromatic rings. The number of hydrogen-bond donors (Lipinski definition) is 2. The van der Waals surface area contributed by atoms with E-state index in [0.717, 1.165) is 12.8 Å². The highest BCUT2D eigenvalue weighted by atomic mass is 16.4. The third-order valence-corrected chi connectivity index (χ3v) is 3.64. The van der Waals surface area contributed by atoms with E-state index in [1.54, 1.807) is 6.92 Å². The Morgan fingerprint density at radius 2 is 2.19 bits per heavy atom. The molecule has 2 aliphatic carbocycles. The number of carboxylic acids is 1. The molecule has 2 aliphatic rings. The second kappa shape index (κ2) is 4.28. The van der Waals surface area contributed by atoms with Crippen LogP contribution in [0.3, 0.4) is 0 Å². The molecule has 2 rings (SSSR count). The predicted molar refractivity (Wildman–Crippen MR) is 58.7 cm³/mol. The molecule has 4 atom stereocenters. The van der Waals surface area contributed by atoms with Crippen molar-refractivity contribution < 1.29 is 14.7 Å². The highest BCUT2D eigenvalue weighted by Gasteiger charge is 2.40. The summed E-state index contributed by atoms with van der Waals surface area (Å²) in [6, 6.07) is -0.740. The van der Waals surface area contributed by atoms with E-state index in [1.165, 1.54) is 0 Å². The van der Waals surface area contributed by atoms with Crippen molar-refractivity contribution in [3.8, 4) is 0 Å². The second-order valence-electron chi connectivity index (χ2n) is 4.69. The lowest BCUT2D eigenvalue weighted by Gasteiger charge is -2.20. The van der Waals surface area contributed by atoms with Gasteiger partial charge in [-0.05, 0) is 31.1 Å². The van der Waals surface area contributed by atoms with E-state index in [0.29, 0.717) is 18.3 Å². The Balaban J connectivity index is 1.93. The Bertz CT molecular complexity index is 337. The molecule has 0 heterocycles. The standard InChI is InChI=1S/C12H17NO3/c1-2-10(12(15)16)13-11(14)9-6-7-3-4-8(9)5-7/h3-4,7-10H,2,5-6H2,1H3,(H,13,14)(H,15,16). The number of fused-ring (bicyclic) bond motifs is 2. The third kappa shape index (κ3) is 1.96. The number of carbonyl (C=O) groups is 2. The first-order valence-corrected chi connectivity index (χ1v) is 5.83. The third-order valence-electron chi connectivity index (χ3n) is 3.64. The molecule has 0 saturated heterocycles. The second-order valence-corrected chi connectivity index (χ2v) is 4.69. The van der Waals surface area contributed by atoms with Crippen LogP contribution in [0.1, 0.15) is 26.2 Å². The van der Waals surface area contributed by atoms with Crippen LogP contribution in [0, 0.1) is 17.8 Å². The van der Waals surface area contributed by atoms with Crippen molar-refractivity contribution in [3.05, 3.63) is 12.2 Å². The molecule has 1 saturated carbocycles. The highest BCUT2D eigenvalue weighted by molar-refractivity contribution is 5.85. The van der Waals surface area contributed by atoms with Gasteiger partial charge >= 0.3 is 5.97 Å². The van der Waals surface area contributed by atoms with Crippen LogP contribution in [0.2, 0.25) is 0 Å². The molecule has 16 heavy (non-hydrogen) atoms. The molecule has 0 radical (unpaired) electrons. The van der Waals surface area contributed by atoms with Crippen molar-refractivity contribution in [1.82, 2.24) is 5.32 Å². The van der Waals surface area contributed by atoms with Crippen molar-refractivity contribution in [2.75, 3.05) is 0 Å². The zero-order chi connectivity index (χ0) is 11.7. The monoisotopic (exact) mass is 223 g/mol. The Hall–Kier alpha value is -1.32. The Labute approximate surface area is 94.7 Å². The molecule has 0 spiro atoms. The first-order chi connectivity index (χ1) is 7.61. The minimum Gasteiger partial charge on any atom is -0.480 e. The fraction of sp³-hybridized carbons (Fsp3) is 0.667. The number of allylic oxidation sites excluding steroid dienone is 2. The van der Waals surface area contributed by atoms with Gasteiger partial charge in [-0.3, -0.25) is 4.79 Å². The quantitative estimate of drug-likeness (QED) is 0.703. The van der Waals surface area contributed by atoms with Crippen molar-refractivity contribution in [2.24, 2.45) is 17.8 Å². The molecular formula is C12H17NO3. The molecule has 2 N–H and O–H groups in total. The topological polar surface area (TPSA) is 66.4 Å². The number of rotatable bonds is 4. The van der Waals surface area contributed by atoms with Gasteiger partial charge in [0.2, 0.25) is 5.91 Å². The summed E-state index contributed by atoms with van der Waals surface area (Å²) in [5.41, 5.74) is 0. The summed E-state index contributed by atoms with van der Waals surface area (Å²) < 4.78 is 0. The Morgan fingerprint density at radius 1 is 1.44 bits per heavy atom. The van der Waals surface area contributed by atoms with Crippen LogP contribution < -0.4 is 5.32 Å². The first-order valence-electron chi connectivity index (χ1n) is 5.83. The maximum atomic E-state index is 11.9. The van der Waals surface area contributed by atoms with Crippen molar-refractivity contribution in [2.45, 2.75) is 32.2 Å². The van der Waals surface area contributed by atoms with Crippen molar-refractivity contribution in [1.29, 1.82) is 0 Å². The molecule has 4 nitrogen and oxygen atoms in total. The normalized spacial score (nSPS) is 32.7. The summed E-state index contributed by atoms with van der Waals surface area (Å²) in [6.45, 7) is 1.76. The fourth-order valence-electron chi connectivity index (χ4n) is 2.70. The van der Waals surface area contributed by atoms with Gasteiger partial charge in [-0.25, -0.2) is 4.79 Å². The molecule has 2 bridgehead atoms. The zero-order valence-corrected chi connectivity index (χ0v) is 9.35. The molecule has 0 aromatic heterocycles. The van der Waals surface area contributed by atoms with E-state index in [1.807, 2.05) is 0 Å². The first kappa shape index (κ1) is 11.2. The number of carboxylic acid groups (broad SMARTS) is 1. The summed E-state index contributed by atoms with van der Waals surface area (Å²) in [4.78, 5) is 22.7. The molecule has 4 unspecified atom stereocenters. The van der Waals surface area contributed by atoms with Gasteiger partial charge < -0.3 is 10.4 Å². The van der Waals surface area contributed by atoms with Crippen molar-refractivity contribution >= 4 is 11.9 Å². The van der Waals surface area contributed by atoms with Gasteiger partial charge in [0, 0.05) is 5.92 Å². The molecule has 0 aromatic carbocycles. The van der Waals surface area contributed by atoms with Crippen LogP contribution in [-0.2, 0) is 9.59 Å². The highest BCUT2D eigenvalue weighted by Crippen LogP contribution is 2.43. The average molecular weight is 223 g/mol. The van der Waals surface area contributed by atoms with E-state index in [2.05, 4.69) is 17.5 Å². The number of carbonyl (C=O) groups excluding carboxylic acids is 1. The molecule has 88 valence electrons. The lowest BCUT2D eigenvalue weighted by molar-refractivity contribution is -0.142. The van der Waals surface area contributed by atoms with Gasteiger partial charge in [-0.2, -0.15) is 0 Å². The summed E-state index contributed by atoms with van der Waals surface area (Å²) >= 11 is 0. The zero-order valence-electron chi connectivity index (χ0n) is 9.35. The van der Waals surface area contributed by atoms with Crippen molar-refractivity contribution in [3.63, 3.8) is 0 Å². The maximum Gasteiger partial charge on any atom is 0.326 e. The average Bonchev–Trinajstić information content (AvgIpc) is 2.86. The van der Waals surface area contributed by atoms with E-state index in [-0.39, 0.29) is 11.8 Å². The van der Waals surface area contributed by atoms with E-state index < -0.39 is 12.0 Å². The Kier molecular flexibility index (Phi) is 2.99. The molecule has 4 heteroatoms. The van der Waals surface area contributed by atoms with E-state index >= 15 is 0 Å². The van der Waals surface area contributed by atoms with E-state index in [4.69, 9.17) is 5.11 Å². The fourth-order valence-corrected chi connectivity index (χ4v) is 2.70. The summed E-state index contributed by atoms with van der Waals surface area (Å²) in [5.74, 6) is -0.189. The van der Waals surface area contributed by atoms with Gasteiger partial charge in [0.1, 0.15) is 6.04 Å². The molecule has 1 amide bonds. The number of hydrogen-bond acceptors (Lipinski definition) is 2. The van der Waals surface area contributed by atoms with Gasteiger partial charge in [-0.1, -0.05) is 19.1 Å². The summed E-state index contributed by atoms with van der Waals surface area (Å²) in [5, 5.41) is 11.5. The molecule has 0 aliphatic heterocycles. The summed E-state index contributed by atoms with van der Waals surface area (Å²) in [6.07, 6.45) is 6.63. The molecular weight excluding hydrogens is 206 g/mol. The van der Waals surface area contributed by atoms with Gasteiger partial charge in [-0.15, -0.1) is 0 Å². The van der Waals surface area contributed by atoms with Gasteiger partial charge in [0.15, 0.2) is 0 Å². The maximum absolute atomic E-state index is 11.9. The minimum absolute atomic E-state index is 0.0107. The van der Waals surface area contributed by atoms with Crippen LogP contribution in [0.4, 0.5) is 0 Å². The van der Waals surface area contributed by atoms with Crippen LogP contribution >= 0.6 is 0 Å². The molecule has 1 fully saturated rings. The SMILES string of the molecule is CCC(NC(=O)C1CC2C=CC1C2)C(=O)O. The van der Waals surface area contributed by atoms with Crippen LogP contribution in [-0.4, -0.2) is 23.0 Å². The van der Waals surface area contributed by atoms with Crippen LogP contribution in [0.25, 0.3) is 0 Å². The number of amides is 1. The summed E-state index contributed by atoms with van der Waals surface area (Å²) in [7, 11) is 0. The minimum atomic E-state index is -0.949. The number of nitrogens with one attached hydrogen (secondary N) is 1. The Morgan fingerprint density at radius 3 is 2.62 bits per heavy atom. The predicted octanol–water partition coefficient (Wildman–Crippen LogP) is 1.18. The van der Waals surface area contributed by atoms with Gasteiger partial charge in [0.25, 0.3) is 0 Å². The lowest BCUT2D eigenvalue weighted by atomic mass is 9.92. The lowest BCUT2D eigenvalue weighted by Crippen LogP contribution is -2.44.